The Bertz CT molecular complexity index is 1090. The van der Waals surface area contributed by atoms with Crippen LogP contribution in [0, 0.1) is 0 Å². The van der Waals surface area contributed by atoms with Gasteiger partial charge in [0.2, 0.25) is 0 Å². The molecule has 4 rings (SSSR count). The molecule has 30 heavy (non-hydrogen) atoms. The molecular formula is C19H21Cl2N4O4P. The molecule has 2 N–H and O–H groups in total. The molecule has 0 bridgehead atoms. The molecule has 11 heteroatoms. The SMILES string of the molecule is O=P(O)(O)CCOCC1CCCN1c1cc(-n2ccnc2)c2ccc(Cl)c(Cl)c2n1. The van der Waals surface area contributed by atoms with Gasteiger partial charge in [0.15, 0.2) is 0 Å². The van der Waals surface area contributed by atoms with E-state index in [4.69, 9.17) is 42.7 Å². The number of aromatic nitrogens is 3. The maximum absolute atomic E-state index is 11.0. The van der Waals surface area contributed by atoms with Crippen molar-refractivity contribution in [1.29, 1.82) is 0 Å². The Labute approximate surface area is 183 Å². The number of imidazole rings is 1. The highest BCUT2D eigenvalue weighted by Crippen LogP contribution is 2.36. The van der Waals surface area contributed by atoms with Gasteiger partial charge < -0.3 is 24.0 Å². The third-order valence-corrected chi connectivity index (χ3v) is 6.69. The number of halogens is 2. The first-order valence-corrected chi connectivity index (χ1v) is 12.0. The van der Waals surface area contributed by atoms with Crippen LogP contribution >= 0.6 is 30.8 Å². The van der Waals surface area contributed by atoms with Gasteiger partial charge in [0.1, 0.15) is 5.82 Å². The van der Waals surface area contributed by atoms with E-state index < -0.39 is 7.60 Å². The first kappa shape index (κ1) is 21.6. The zero-order valence-electron chi connectivity index (χ0n) is 16.0. The summed E-state index contributed by atoms with van der Waals surface area (Å²) in [5.74, 6) is 0.747. The first-order chi connectivity index (χ1) is 14.3. The Balaban J connectivity index is 1.66. The number of hydrogen-bond donors (Lipinski definition) is 2. The van der Waals surface area contributed by atoms with E-state index in [2.05, 4.69) is 9.88 Å². The predicted molar refractivity (Wildman–Crippen MR) is 117 cm³/mol. The van der Waals surface area contributed by atoms with Crippen LogP contribution in [0.25, 0.3) is 16.6 Å². The molecule has 160 valence electrons. The van der Waals surface area contributed by atoms with Crippen LogP contribution in [0.4, 0.5) is 5.82 Å². The summed E-state index contributed by atoms with van der Waals surface area (Å²) >= 11 is 12.7. The molecule has 0 amide bonds. The average Bonchev–Trinajstić information content (AvgIpc) is 3.39. The van der Waals surface area contributed by atoms with Crippen LogP contribution in [0.1, 0.15) is 12.8 Å². The molecule has 1 unspecified atom stereocenters. The highest BCUT2D eigenvalue weighted by Gasteiger charge is 2.27. The monoisotopic (exact) mass is 470 g/mol. The Kier molecular flexibility index (Phi) is 6.34. The van der Waals surface area contributed by atoms with Gasteiger partial charge in [0, 0.05) is 30.4 Å². The van der Waals surface area contributed by atoms with Crippen molar-refractivity contribution in [1.82, 2.24) is 14.5 Å². The second-order valence-electron chi connectivity index (χ2n) is 7.18. The predicted octanol–water partition coefficient (Wildman–Crippen LogP) is 3.89. The Morgan fingerprint density at radius 2 is 2.13 bits per heavy atom. The zero-order chi connectivity index (χ0) is 21.3. The molecule has 1 fully saturated rings. The summed E-state index contributed by atoms with van der Waals surface area (Å²) in [7, 11) is -4.06. The molecule has 1 aromatic carbocycles. The summed E-state index contributed by atoms with van der Waals surface area (Å²) in [4.78, 5) is 29.1. The van der Waals surface area contributed by atoms with Crippen LogP contribution in [0.3, 0.4) is 0 Å². The van der Waals surface area contributed by atoms with Gasteiger partial charge in [-0.15, -0.1) is 0 Å². The Hall–Kier alpha value is -1.67. The van der Waals surface area contributed by atoms with Gasteiger partial charge in [-0.2, -0.15) is 0 Å². The first-order valence-electron chi connectivity index (χ1n) is 9.49. The lowest BCUT2D eigenvalue weighted by molar-refractivity contribution is 0.132. The van der Waals surface area contributed by atoms with Gasteiger partial charge in [0.25, 0.3) is 0 Å². The summed E-state index contributed by atoms with van der Waals surface area (Å²) in [6.45, 7) is 1.18. The molecule has 2 aromatic heterocycles. The fourth-order valence-electron chi connectivity index (χ4n) is 3.68. The molecule has 0 radical (unpaired) electrons. The molecule has 0 spiro atoms. The van der Waals surface area contributed by atoms with Crippen LogP contribution in [0.5, 0.6) is 0 Å². The number of ether oxygens (including phenoxy) is 1. The van der Waals surface area contributed by atoms with E-state index in [-0.39, 0.29) is 18.8 Å². The number of fused-ring (bicyclic) bond motifs is 1. The molecule has 1 saturated heterocycles. The molecule has 1 aliphatic heterocycles. The van der Waals surface area contributed by atoms with Gasteiger partial charge in [-0.05, 0) is 25.0 Å². The third kappa shape index (κ3) is 4.64. The van der Waals surface area contributed by atoms with Crippen molar-refractivity contribution in [3.63, 3.8) is 0 Å². The van der Waals surface area contributed by atoms with Crippen LogP contribution in [-0.2, 0) is 9.30 Å². The number of rotatable bonds is 7. The van der Waals surface area contributed by atoms with Crippen LogP contribution in [-0.4, -0.2) is 56.3 Å². The summed E-state index contributed by atoms with van der Waals surface area (Å²) in [6, 6.07) is 5.69. The largest absolute Gasteiger partial charge is 0.379 e. The summed E-state index contributed by atoms with van der Waals surface area (Å²) in [6.07, 6.45) is 6.86. The van der Waals surface area contributed by atoms with Crippen molar-refractivity contribution < 1.29 is 19.1 Å². The maximum atomic E-state index is 11.0. The standard InChI is InChI=1S/C19H21Cl2N4O4P/c20-15-4-3-14-16(24-7-5-22-12-24)10-17(23-19(14)18(15)21)25-6-1-2-13(25)11-29-8-9-30(26,27)28/h3-5,7,10,12-13H,1-2,6,8-9,11H2,(H2,26,27,28). The Morgan fingerprint density at radius 3 is 2.87 bits per heavy atom. The minimum absolute atomic E-state index is 0.0154. The summed E-state index contributed by atoms with van der Waals surface area (Å²) < 4.78 is 18.5. The van der Waals surface area contributed by atoms with E-state index in [1.807, 2.05) is 22.9 Å². The van der Waals surface area contributed by atoms with Crippen molar-refractivity contribution in [3.05, 3.63) is 47.0 Å². The third-order valence-electron chi connectivity index (χ3n) is 5.13. The van der Waals surface area contributed by atoms with Gasteiger partial charge >= 0.3 is 7.60 Å². The van der Waals surface area contributed by atoms with E-state index in [0.717, 1.165) is 36.3 Å². The highest BCUT2D eigenvalue weighted by molar-refractivity contribution is 7.51. The van der Waals surface area contributed by atoms with Gasteiger partial charge in [0.05, 0.1) is 53.0 Å². The molecular weight excluding hydrogens is 450 g/mol. The molecule has 0 saturated carbocycles. The smallest absolute Gasteiger partial charge is 0.327 e. The minimum Gasteiger partial charge on any atom is -0.379 e. The lowest BCUT2D eigenvalue weighted by Crippen LogP contribution is -2.34. The fourth-order valence-corrected chi connectivity index (χ4v) is 4.41. The van der Waals surface area contributed by atoms with Crippen LogP contribution < -0.4 is 4.90 Å². The van der Waals surface area contributed by atoms with Crippen molar-refractivity contribution in [2.45, 2.75) is 18.9 Å². The van der Waals surface area contributed by atoms with Crippen molar-refractivity contribution in [2.75, 3.05) is 30.8 Å². The lowest BCUT2D eigenvalue weighted by atomic mass is 10.1. The van der Waals surface area contributed by atoms with Gasteiger partial charge in [-0.1, -0.05) is 23.2 Å². The highest BCUT2D eigenvalue weighted by atomic mass is 35.5. The molecule has 0 aliphatic carbocycles. The normalized spacial score (nSPS) is 17.2. The van der Waals surface area contributed by atoms with Crippen molar-refractivity contribution in [3.8, 4) is 5.69 Å². The number of anilines is 1. The van der Waals surface area contributed by atoms with E-state index >= 15 is 0 Å². The van der Waals surface area contributed by atoms with Gasteiger partial charge in [-0.25, -0.2) is 9.97 Å². The summed E-state index contributed by atoms with van der Waals surface area (Å²) in [5, 5.41) is 1.69. The quantitative estimate of drug-likeness (QED) is 0.398. The lowest BCUT2D eigenvalue weighted by Gasteiger charge is -2.27. The van der Waals surface area contributed by atoms with E-state index in [9.17, 15) is 4.57 Å². The second-order valence-corrected chi connectivity index (χ2v) is 9.74. The maximum Gasteiger partial charge on any atom is 0.327 e. The average molecular weight is 471 g/mol. The molecule has 1 aliphatic rings. The number of benzene rings is 1. The molecule has 3 aromatic rings. The minimum atomic E-state index is -4.06. The second kappa shape index (κ2) is 8.83. The fraction of sp³-hybridized carbons (Fsp3) is 0.368. The molecule has 1 atom stereocenters. The molecule has 3 heterocycles. The zero-order valence-corrected chi connectivity index (χ0v) is 18.4. The van der Waals surface area contributed by atoms with Crippen LogP contribution in [0.15, 0.2) is 36.9 Å². The van der Waals surface area contributed by atoms with Crippen LogP contribution in [0.2, 0.25) is 10.0 Å². The van der Waals surface area contributed by atoms with E-state index in [1.165, 1.54) is 0 Å². The number of pyridine rings is 1. The van der Waals surface area contributed by atoms with Crippen molar-refractivity contribution >= 4 is 47.5 Å². The number of hydrogen-bond acceptors (Lipinski definition) is 5. The van der Waals surface area contributed by atoms with Crippen molar-refractivity contribution in [2.24, 2.45) is 0 Å². The Morgan fingerprint density at radius 1 is 1.30 bits per heavy atom. The van der Waals surface area contributed by atoms with Gasteiger partial charge in [-0.3, -0.25) is 4.57 Å². The number of nitrogens with zero attached hydrogens (tertiary/aromatic N) is 4. The summed E-state index contributed by atoms with van der Waals surface area (Å²) in [5.41, 5.74) is 1.50. The molecule has 8 nitrogen and oxygen atoms in total. The topological polar surface area (TPSA) is 101 Å². The van der Waals surface area contributed by atoms with E-state index in [0.29, 0.717) is 22.2 Å². The van der Waals surface area contributed by atoms with E-state index in [1.54, 1.807) is 18.6 Å².